The number of hydrogen-bond acceptors (Lipinski definition) is 7. The van der Waals surface area contributed by atoms with Crippen molar-refractivity contribution in [1.29, 1.82) is 0 Å². The van der Waals surface area contributed by atoms with E-state index in [0.717, 1.165) is 35.5 Å². The second-order valence-corrected chi connectivity index (χ2v) is 9.72. The molecule has 1 aliphatic rings. The molecule has 5 rings (SSSR count). The van der Waals surface area contributed by atoms with Gasteiger partial charge in [-0.3, -0.25) is 4.79 Å². The number of carbonyl (C=O) groups excluding carboxylic acids is 2. The van der Waals surface area contributed by atoms with Crippen LogP contribution in [0.25, 0.3) is 33.5 Å². The van der Waals surface area contributed by atoms with Crippen molar-refractivity contribution in [3.63, 3.8) is 0 Å². The van der Waals surface area contributed by atoms with E-state index < -0.39 is 5.97 Å². The largest absolute Gasteiger partial charge is 0.497 e. The van der Waals surface area contributed by atoms with E-state index in [1.54, 1.807) is 37.3 Å². The number of likely N-dealkylation sites (tertiary alicyclic amines) is 1. The van der Waals surface area contributed by atoms with E-state index in [1.807, 2.05) is 48.5 Å². The van der Waals surface area contributed by atoms with Gasteiger partial charge in [-0.2, -0.15) is 0 Å². The molecule has 1 aliphatic heterocycles. The summed E-state index contributed by atoms with van der Waals surface area (Å²) in [5, 5.41) is 0. The Bertz CT molecular complexity index is 1480. The molecule has 0 aliphatic carbocycles. The molecule has 4 aromatic rings. The Kier molecular flexibility index (Phi) is 7.72. The van der Waals surface area contributed by atoms with Gasteiger partial charge in [0.2, 0.25) is 0 Å². The minimum atomic E-state index is -0.567. The number of hydrogen-bond donors (Lipinski definition) is 0. The lowest BCUT2D eigenvalue weighted by molar-refractivity contribution is -0.135. The van der Waals surface area contributed by atoms with Gasteiger partial charge in [0.25, 0.3) is 5.91 Å². The highest BCUT2D eigenvalue weighted by Gasteiger charge is 2.22. The van der Waals surface area contributed by atoms with Gasteiger partial charge in [0.05, 0.1) is 42.2 Å². The third-order valence-electron chi connectivity index (χ3n) is 7.09. The van der Waals surface area contributed by atoms with Crippen LogP contribution in [0.1, 0.15) is 30.1 Å². The van der Waals surface area contributed by atoms with Crippen molar-refractivity contribution < 1.29 is 23.8 Å². The van der Waals surface area contributed by atoms with Gasteiger partial charge in [-0.05, 0) is 85.5 Å². The molecule has 0 atom stereocenters. The van der Waals surface area contributed by atoms with E-state index in [2.05, 4.69) is 6.92 Å². The lowest BCUT2D eigenvalue weighted by Gasteiger charge is -2.30. The summed E-state index contributed by atoms with van der Waals surface area (Å²) in [6.45, 7) is 3.32. The number of piperidine rings is 1. The van der Waals surface area contributed by atoms with E-state index in [4.69, 9.17) is 24.2 Å². The molecule has 1 saturated heterocycles. The molecule has 8 nitrogen and oxygen atoms in total. The second kappa shape index (κ2) is 11.5. The van der Waals surface area contributed by atoms with Gasteiger partial charge in [-0.1, -0.05) is 6.92 Å². The smallest absolute Gasteiger partial charge is 0.338 e. The van der Waals surface area contributed by atoms with Gasteiger partial charge in [-0.25, -0.2) is 14.8 Å². The van der Waals surface area contributed by atoms with Crippen molar-refractivity contribution in [2.75, 3.05) is 33.9 Å². The van der Waals surface area contributed by atoms with Gasteiger partial charge >= 0.3 is 5.97 Å². The van der Waals surface area contributed by atoms with Crippen LogP contribution in [0.5, 0.6) is 11.5 Å². The zero-order valence-corrected chi connectivity index (χ0v) is 22.3. The minimum absolute atomic E-state index is 0.165. The van der Waals surface area contributed by atoms with Crippen LogP contribution in [0.2, 0.25) is 0 Å². The number of nitrogens with zero attached hydrogens (tertiary/aromatic N) is 3. The standard InChI is InChI=1S/C31H31N3O5/c1-20-14-16-34(17-15-20)28(35)19-39-31(36)23-8-13-26-27(18-23)33-30(22-6-11-25(38-3)12-7-22)29(32-26)21-4-9-24(37-2)10-5-21/h4-13,18,20H,14-17,19H2,1-3H3. The zero-order chi connectivity index (χ0) is 27.4. The van der Waals surface area contributed by atoms with E-state index in [9.17, 15) is 9.59 Å². The number of carbonyl (C=O) groups is 2. The maximum absolute atomic E-state index is 12.8. The maximum Gasteiger partial charge on any atom is 0.338 e. The second-order valence-electron chi connectivity index (χ2n) is 9.72. The third kappa shape index (κ3) is 5.85. The molecule has 0 radical (unpaired) electrons. The quantitative estimate of drug-likeness (QED) is 0.299. The lowest BCUT2D eigenvalue weighted by Crippen LogP contribution is -2.40. The molecular formula is C31H31N3O5. The predicted octanol–water partition coefficient (Wildman–Crippen LogP) is 5.40. The molecule has 2 heterocycles. The van der Waals surface area contributed by atoms with Crippen molar-refractivity contribution in [1.82, 2.24) is 14.9 Å². The first kappa shape index (κ1) is 26.2. The average molecular weight is 526 g/mol. The van der Waals surface area contributed by atoms with Crippen molar-refractivity contribution in [2.45, 2.75) is 19.8 Å². The highest BCUT2D eigenvalue weighted by Crippen LogP contribution is 2.33. The van der Waals surface area contributed by atoms with Crippen molar-refractivity contribution in [3.05, 3.63) is 72.3 Å². The predicted molar refractivity (Wildman–Crippen MR) is 149 cm³/mol. The summed E-state index contributed by atoms with van der Waals surface area (Å²) in [7, 11) is 3.25. The molecule has 1 aromatic heterocycles. The van der Waals surface area contributed by atoms with Gasteiger partial charge in [0.1, 0.15) is 11.5 Å². The first-order valence-electron chi connectivity index (χ1n) is 13.0. The molecule has 39 heavy (non-hydrogen) atoms. The third-order valence-corrected chi connectivity index (χ3v) is 7.09. The van der Waals surface area contributed by atoms with Gasteiger partial charge in [0.15, 0.2) is 6.61 Å². The normalized spacial score (nSPS) is 13.8. The zero-order valence-electron chi connectivity index (χ0n) is 22.3. The Morgan fingerprint density at radius 3 is 1.87 bits per heavy atom. The van der Waals surface area contributed by atoms with E-state index in [1.165, 1.54) is 0 Å². The van der Waals surface area contributed by atoms with Crippen LogP contribution in [0.3, 0.4) is 0 Å². The Morgan fingerprint density at radius 2 is 1.33 bits per heavy atom. The Balaban J connectivity index is 1.44. The van der Waals surface area contributed by atoms with Crippen LogP contribution in [-0.2, 0) is 9.53 Å². The van der Waals surface area contributed by atoms with E-state index >= 15 is 0 Å². The minimum Gasteiger partial charge on any atom is -0.497 e. The maximum atomic E-state index is 12.8. The average Bonchev–Trinajstić information content (AvgIpc) is 2.99. The molecule has 8 heteroatoms. The summed E-state index contributed by atoms with van der Waals surface area (Å²) in [4.78, 5) is 37.0. The summed E-state index contributed by atoms with van der Waals surface area (Å²) < 4.78 is 16.0. The number of ether oxygens (including phenoxy) is 3. The van der Waals surface area contributed by atoms with Gasteiger partial charge < -0.3 is 19.1 Å². The van der Waals surface area contributed by atoms with Crippen LogP contribution >= 0.6 is 0 Å². The molecular weight excluding hydrogens is 494 g/mol. The molecule has 0 unspecified atom stereocenters. The highest BCUT2D eigenvalue weighted by atomic mass is 16.5. The number of benzene rings is 3. The van der Waals surface area contributed by atoms with Gasteiger partial charge in [-0.15, -0.1) is 0 Å². The first-order valence-corrected chi connectivity index (χ1v) is 13.0. The summed E-state index contributed by atoms with van der Waals surface area (Å²) in [6.07, 6.45) is 1.94. The first-order chi connectivity index (χ1) is 18.9. The fourth-order valence-corrected chi connectivity index (χ4v) is 4.64. The summed E-state index contributed by atoms with van der Waals surface area (Å²) >= 11 is 0. The summed E-state index contributed by atoms with van der Waals surface area (Å²) in [5.74, 6) is 1.36. The monoisotopic (exact) mass is 525 g/mol. The number of methoxy groups -OCH3 is 2. The molecule has 0 saturated carbocycles. The number of rotatable bonds is 7. The van der Waals surface area contributed by atoms with Crippen LogP contribution in [0, 0.1) is 5.92 Å². The van der Waals surface area contributed by atoms with Crippen LogP contribution in [0.4, 0.5) is 0 Å². The number of amides is 1. The summed E-state index contributed by atoms with van der Waals surface area (Å²) in [5.41, 5.74) is 4.59. The topological polar surface area (TPSA) is 90.9 Å². The Morgan fingerprint density at radius 1 is 0.795 bits per heavy atom. The molecule has 3 aromatic carbocycles. The number of aromatic nitrogens is 2. The van der Waals surface area contributed by atoms with Crippen molar-refractivity contribution in [2.24, 2.45) is 5.92 Å². The number of fused-ring (bicyclic) bond motifs is 1. The fraction of sp³-hybridized carbons (Fsp3) is 0.290. The molecule has 0 spiro atoms. The number of esters is 1. The van der Waals surface area contributed by atoms with E-state index in [0.29, 0.717) is 47.0 Å². The fourth-order valence-electron chi connectivity index (χ4n) is 4.64. The Hall–Kier alpha value is -4.46. The summed E-state index contributed by atoms with van der Waals surface area (Å²) in [6, 6.07) is 20.3. The molecule has 200 valence electrons. The molecule has 1 fully saturated rings. The van der Waals surface area contributed by atoms with Crippen LogP contribution in [0.15, 0.2) is 66.7 Å². The lowest BCUT2D eigenvalue weighted by atomic mass is 9.99. The van der Waals surface area contributed by atoms with Crippen molar-refractivity contribution >= 4 is 22.9 Å². The Labute approximate surface area is 227 Å². The molecule has 0 bridgehead atoms. The molecule has 1 amide bonds. The SMILES string of the molecule is COc1ccc(-c2nc3ccc(C(=O)OCC(=O)N4CCC(C)CC4)cc3nc2-c2ccc(OC)cc2)cc1. The van der Waals surface area contributed by atoms with Gasteiger partial charge in [0, 0.05) is 24.2 Å². The molecule has 0 N–H and O–H groups in total. The van der Waals surface area contributed by atoms with Crippen LogP contribution in [-0.4, -0.2) is 60.7 Å². The highest BCUT2D eigenvalue weighted by molar-refractivity contribution is 5.96. The van der Waals surface area contributed by atoms with E-state index in [-0.39, 0.29) is 12.5 Å². The van der Waals surface area contributed by atoms with Crippen LogP contribution < -0.4 is 9.47 Å². The van der Waals surface area contributed by atoms with Crippen molar-refractivity contribution in [3.8, 4) is 34.0 Å².